The Bertz CT molecular complexity index is 702. The van der Waals surface area contributed by atoms with Crippen molar-refractivity contribution in [3.8, 4) is 6.07 Å². The summed E-state index contributed by atoms with van der Waals surface area (Å²) in [4.78, 5) is 10.9. The molecule has 0 amide bonds. The van der Waals surface area contributed by atoms with Crippen molar-refractivity contribution in [3.63, 3.8) is 0 Å². The van der Waals surface area contributed by atoms with E-state index < -0.39 is 5.97 Å². The number of carbonyl (C=O) groups is 1. The molecule has 2 rings (SSSR count). The fourth-order valence-corrected chi connectivity index (χ4v) is 2.11. The Morgan fingerprint density at radius 3 is 2.81 bits per heavy atom. The first-order valence-corrected chi connectivity index (χ1v) is 6.67. The topological polar surface area (TPSA) is 73.1 Å². The van der Waals surface area contributed by atoms with Crippen LogP contribution < -0.4 is 5.32 Å². The summed E-state index contributed by atoms with van der Waals surface area (Å²) < 4.78 is 0. The van der Waals surface area contributed by atoms with E-state index in [-0.39, 0.29) is 0 Å². The summed E-state index contributed by atoms with van der Waals surface area (Å²) in [5.74, 6) is -0.921. The van der Waals surface area contributed by atoms with E-state index in [2.05, 4.69) is 11.4 Å². The van der Waals surface area contributed by atoms with Crippen LogP contribution in [0.3, 0.4) is 0 Å². The van der Waals surface area contributed by atoms with Crippen molar-refractivity contribution < 1.29 is 9.90 Å². The number of aryl methyl sites for hydroxylation is 1. The van der Waals surface area contributed by atoms with Gasteiger partial charge in [0.2, 0.25) is 0 Å². The van der Waals surface area contributed by atoms with Crippen LogP contribution in [-0.2, 0) is 6.42 Å². The predicted molar refractivity (Wildman–Crippen MR) is 81.5 cm³/mol. The molecule has 0 aliphatic carbocycles. The first-order valence-electron chi connectivity index (χ1n) is 6.67. The molecular formula is C17H16N2O2. The molecule has 0 saturated carbocycles. The molecule has 4 nitrogen and oxygen atoms in total. The average molecular weight is 280 g/mol. The van der Waals surface area contributed by atoms with Crippen LogP contribution in [0.2, 0.25) is 0 Å². The molecule has 0 aliphatic heterocycles. The van der Waals surface area contributed by atoms with Gasteiger partial charge in [0, 0.05) is 6.54 Å². The van der Waals surface area contributed by atoms with Gasteiger partial charge in [-0.25, -0.2) is 4.79 Å². The van der Waals surface area contributed by atoms with E-state index in [1.165, 1.54) is 0 Å². The summed E-state index contributed by atoms with van der Waals surface area (Å²) in [6.45, 7) is 2.59. The predicted octanol–water partition coefficient (Wildman–Crippen LogP) is 3.22. The second kappa shape index (κ2) is 6.58. The number of hydrogen-bond donors (Lipinski definition) is 2. The zero-order valence-corrected chi connectivity index (χ0v) is 11.8. The molecule has 0 unspecified atom stereocenters. The lowest BCUT2D eigenvalue weighted by atomic mass is 10.1. The van der Waals surface area contributed by atoms with Gasteiger partial charge in [0.1, 0.15) is 6.07 Å². The molecule has 106 valence electrons. The molecule has 2 aromatic rings. The summed E-state index contributed by atoms with van der Waals surface area (Å²) in [5, 5.41) is 21.3. The van der Waals surface area contributed by atoms with E-state index in [0.717, 1.165) is 16.8 Å². The maximum absolute atomic E-state index is 10.9. The van der Waals surface area contributed by atoms with Crippen molar-refractivity contribution in [1.82, 2.24) is 0 Å². The third-order valence-corrected chi connectivity index (χ3v) is 3.20. The molecule has 4 heteroatoms. The highest BCUT2D eigenvalue weighted by molar-refractivity contribution is 5.87. The van der Waals surface area contributed by atoms with Gasteiger partial charge >= 0.3 is 5.97 Å². The van der Waals surface area contributed by atoms with Gasteiger partial charge in [-0.15, -0.1) is 0 Å². The van der Waals surface area contributed by atoms with Crippen molar-refractivity contribution in [2.45, 2.75) is 13.3 Å². The second-order valence-corrected chi connectivity index (χ2v) is 4.84. The highest BCUT2D eigenvalue weighted by Crippen LogP contribution is 2.16. The fourth-order valence-electron chi connectivity index (χ4n) is 2.11. The fraction of sp³-hybridized carbons (Fsp3) is 0.176. The zero-order chi connectivity index (χ0) is 15.2. The Balaban J connectivity index is 2.00. The van der Waals surface area contributed by atoms with Crippen LogP contribution >= 0.6 is 0 Å². The van der Waals surface area contributed by atoms with Crippen molar-refractivity contribution in [1.29, 1.82) is 5.26 Å². The summed E-state index contributed by atoms with van der Waals surface area (Å²) in [6.07, 6.45) is 0.694. The maximum Gasteiger partial charge on any atom is 0.335 e. The molecule has 0 saturated heterocycles. The average Bonchev–Trinajstić information content (AvgIpc) is 2.49. The van der Waals surface area contributed by atoms with E-state index in [4.69, 9.17) is 10.4 Å². The third-order valence-electron chi connectivity index (χ3n) is 3.20. The van der Waals surface area contributed by atoms with Crippen LogP contribution in [-0.4, -0.2) is 17.6 Å². The quantitative estimate of drug-likeness (QED) is 0.882. The molecule has 0 fully saturated rings. The van der Waals surface area contributed by atoms with Gasteiger partial charge in [0.05, 0.1) is 16.8 Å². The van der Waals surface area contributed by atoms with Crippen LogP contribution in [0, 0.1) is 18.3 Å². The minimum atomic E-state index is -0.921. The van der Waals surface area contributed by atoms with E-state index in [1.807, 2.05) is 31.2 Å². The molecule has 2 N–H and O–H groups in total. The molecule has 0 radical (unpaired) electrons. The van der Waals surface area contributed by atoms with Crippen LogP contribution in [0.1, 0.15) is 27.0 Å². The van der Waals surface area contributed by atoms with Crippen molar-refractivity contribution in [2.75, 3.05) is 11.9 Å². The van der Waals surface area contributed by atoms with Gasteiger partial charge in [0.25, 0.3) is 0 Å². The van der Waals surface area contributed by atoms with Crippen LogP contribution in [0.5, 0.6) is 0 Å². The Labute approximate surface area is 123 Å². The molecule has 0 atom stereocenters. The number of benzene rings is 2. The van der Waals surface area contributed by atoms with Crippen LogP contribution in [0.4, 0.5) is 5.69 Å². The number of carboxylic acids is 1. The summed E-state index contributed by atoms with van der Waals surface area (Å²) in [6, 6.07) is 14.7. The lowest BCUT2D eigenvalue weighted by Crippen LogP contribution is -2.07. The summed E-state index contributed by atoms with van der Waals surface area (Å²) >= 11 is 0. The number of nitriles is 1. The molecule has 0 bridgehead atoms. The van der Waals surface area contributed by atoms with Gasteiger partial charge in [-0.1, -0.05) is 18.2 Å². The van der Waals surface area contributed by atoms with Crippen LogP contribution in [0.15, 0.2) is 42.5 Å². The number of rotatable bonds is 5. The minimum absolute atomic E-state index is 0.292. The van der Waals surface area contributed by atoms with Crippen molar-refractivity contribution >= 4 is 11.7 Å². The zero-order valence-electron chi connectivity index (χ0n) is 11.8. The van der Waals surface area contributed by atoms with Gasteiger partial charge in [-0.3, -0.25) is 0 Å². The van der Waals surface area contributed by atoms with Crippen molar-refractivity contribution in [3.05, 3.63) is 64.7 Å². The molecule has 21 heavy (non-hydrogen) atoms. The number of carboxylic acid groups (broad SMARTS) is 1. The monoisotopic (exact) mass is 280 g/mol. The highest BCUT2D eigenvalue weighted by Gasteiger charge is 2.04. The summed E-state index contributed by atoms with van der Waals surface area (Å²) in [5.41, 5.74) is 3.71. The molecule has 0 aromatic heterocycles. The highest BCUT2D eigenvalue weighted by atomic mass is 16.4. The van der Waals surface area contributed by atoms with Crippen LogP contribution in [0.25, 0.3) is 0 Å². The SMILES string of the molecule is Cc1ccc(NCCc2cccc(C(=O)O)c2)c(C#N)c1. The molecular weight excluding hydrogens is 264 g/mol. The standard InChI is InChI=1S/C17H16N2O2/c1-12-5-6-16(15(9-12)11-18)19-8-7-13-3-2-4-14(10-13)17(20)21/h2-6,9-10,19H,7-8H2,1H3,(H,20,21). The summed E-state index contributed by atoms with van der Waals surface area (Å²) in [7, 11) is 0. The Morgan fingerprint density at radius 1 is 1.29 bits per heavy atom. The first-order chi connectivity index (χ1) is 10.1. The van der Waals surface area contributed by atoms with Gasteiger partial charge in [0.15, 0.2) is 0 Å². The molecule has 2 aromatic carbocycles. The molecule has 0 aliphatic rings. The van der Waals surface area contributed by atoms with Crippen molar-refractivity contribution in [2.24, 2.45) is 0 Å². The number of nitrogens with one attached hydrogen (secondary N) is 1. The number of hydrogen-bond acceptors (Lipinski definition) is 3. The Kier molecular flexibility index (Phi) is 4.57. The minimum Gasteiger partial charge on any atom is -0.478 e. The van der Waals surface area contributed by atoms with Gasteiger partial charge in [-0.05, 0) is 48.7 Å². The van der Waals surface area contributed by atoms with E-state index >= 15 is 0 Å². The number of nitrogens with zero attached hydrogens (tertiary/aromatic N) is 1. The van der Waals surface area contributed by atoms with E-state index in [1.54, 1.807) is 18.2 Å². The normalized spacial score (nSPS) is 9.90. The first kappa shape index (κ1) is 14.6. The number of anilines is 1. The molecule has 0 spiro atoms. The molecule has 0 heterocycles. The Hall–Kier alpha value is -2.80. The largest absolute Gasteiger partial charge is 0.478 e. The lowest BCUT2D eigenvalue weighted by molar-refractivity contribution is 0.0697. The van der Waals surface area contributed by atoms with E-state index in [9.17, 15) is 4.79 Å². The van der Waals surface area contributed by atoms with Gasteiger partial charge in [-0.2, -0.15) is 5.26 Å². The van der Waals surface area contributed by atoms with Gasteiger partial charge < -0.3 is 10.4 Å². The number of aromatic carboxylic acids is 1. The third kappa shape index (κ3) is 3.83. The lowest BCUT2D eigenvalue weighted by Gasteiger charge is -2.09. The Morgan fingerprint density at radius 2 is 2.10 bits per heavy atom. The second-order valence-electron chi connectivity index (χ2n) is 4.84. The smallest absolute Gasteiger partial charge is 0.335 e. The van der Waals surface area contributed by atoms with E-state index in [0.29, 0.717) is 24.1 Å². The maximum atomic E-state index is 10.9.